The molecule has 0 spiro atoms. The van der Waals surface area contributed by atoms with Crippen molar-refractivity contribution in [3.63, 3.8) is 0 Å². The van der Waals surface area contributed by atoms with Gasteiger partial charge in [-0.25, -0.2) is 4.79 Å². The number of allylic oxidation sites excluding steroid dienone is 1. The number of benzene rings is 1. The molecule has 1 aliphatic heterocycles. The van der Waals surface area contributed by atoms with E-state index in [0.717, 1.165) is 0 Å². The Balaban J connectivity index is 2.12. The molecule has 0 radical (unpaired) electrons. The monoisotopic (exact) mass is 329 g/mol. The minimum Gasteiger partial charge on any atom is -0.508 e. The van der Waals surface area contributed by atoms with Crippen molar-refractivity contribution in [2.24, 2.45) is 0 Å². The van der Waals surface area contributed by atoms with Crippen LogP contribution in [0.2, 0.25) is 0 Å². The SMILES string of the molecule is CC1=C(C(=O)OC(C)(C)C)C(c2cccc(O)c2)n2nnnc2N1. The summed E-state index contributed by atoms with van der Waals surface area (Å²) in [6.07, 6.45) is 0. The molecule has 0 saturated carbocycles. The summed E-state index contributed by atoms with van der Waals surface area (Å²) in [6, 6.07) is 6.07. The molecule has 2 aromatic rings. The van der Waals surface area contributed by atoms with E-state index in [0.29, 0.717) is 22.8 Å². The molecule has 0 amide bonds. The number of anilines is 1. The Bertz CT molecular complexity index is 819. The Labute approximate surface area is 139 Å². The van der Waals surface area contributed by atoms with E-state index in [1.165, 1.54) is 4.68 Å². The molecule has 2 N–H and O–H groups in total. The summed E-state index contributed by atoms with van der Waals surface area (Å²) in [5.41, 5.74) is 1.06. The normalized spacial score (nSPS) is 17.2. The first-order valence-electron chi connectivity index (χ1n) is 7.54. The maximum atomic E-state index is 12.8. The van der Waals surface area contributed by atoms with Gasteiger partial charge in [0, 0.05) is 5.70 Å². The van der Waals surface area contributed by atoms with Crippen LogP contribution in [-0.4, -0.2) is 36.9 Å². The molecule has 126 valence electrons. The zero-order valence-corrected chi connectivity index (χ0v) is 13.9. The van der Waals surface area contributed by atoms with E-state index in [1.807, 2.05) is 20.8 Å². The van der Waals surface area contributed by atoms with Crippen molar-refractivity contribution < 1.29 is 14.6 Å². The van der Waals surface area contributed by atoms with Crippen molar-refractivity contribution in [2.45, 2.75) is 39.3 Å². The number of esters is 1. The predicted molar refractivity (Wildman–Crippen MR) is 86.2 cm³/mol. The number of tetrazole rings is 1. The predicted octanol–water partition coefficient (Wildman–Crippen LogP) is 2.01. The molecule has 1 aromatic carbocycles. The summed E-state index contributed by atoms with van der Waals surface area (Å²) < 4.78 is 7.04. The summed E-state index contributed by atoms with van der Waals surface area (Å²) in [6.45, 7) is 7.20. The molecular weight excluding hydrogens is 310 g/mol. The number of phenols is 1. The number of nitrogens with zero attached hydrogens (tertiary/aromatic N) is 4. The highest BCUT2D eigenvalue weighted by Crippen LogP contribution is 2.36. The fourth-order valence-corrected chi connectivity index (χ4v) is 2.61. The van der Waals surface area contributed by atoms with E-state index >= 15 is 0 Å². The summed E-state index contributed by atoms with van der Waals surface area (Å²) >= 11 is 0. The topological polar surface area (TPSA) is 102 Å². The van der Waals surface area contributed by atoms with Gasteiger partial charge in [-0.15, -0.1) is 0 Å². The van der Waals surface area contributed by atoms with E-state index in [2.05, 4.69) is 20.8 Å². The average molecular weight is 329 g/mol. The standard InChI is InChI=1S/C16H19N5O3/c1-9-12(14(23)24-16(2,3)4)13(10-6-5-7-11(22)8-10)21-15(17-9)18-19-20-21/h5-8,13,22H,1-4H3,(H,17,18,20). The number of aromatic hydroxyl groups is 1. The van der Waals surface area contributed by atoms with Crippen LogP contribution in [0, 0.1) is 0 Å². The second-order valence-electron chi connectivity index (χ2n) is 6.61. The largest absolute Gasteiger partial charge is 0.508 e. The Kier molecular flexibility index (Phi) is 3.75. The van der Waals surface area contributed by atoms with Gasteiger partial charge in [-0.3, -0.25) is 0 Å². The Morgan fingerprint density at radius 1 is 1.38 bits per heavy atom. The number of hydrogen-bond acceptors (Lipinski definition) is 7. The maximum absolute atomic E-state index is 12.8. The van der Waals surface area contributed by atoms with Crippen LogP contribution in [0.25, 0.3) is 0 Å². The summed E-state index contributed by atoms with van der Waals surface area (Å²) in [7, 11) is 0. The van der Waals surface area contributed by atoms with Crippen LogP contribution in [0.5, 0.6) is 5.75 Å². The molecule has 8 nitrogen and oxygen atoms in total. The lowest BCUT2D eigenvalue weighted by Gasteiger charge is -2.29. The molecule has 1 atom stereocenters. The second-order valence-corrected chi connectivity index (χ2v) is 6.61. The quantitative estimate of drug-likeness (QED) is 0.812. The first-order chi connectivity index (χ1) is 11.3. The van der Waals surface area contributed by atoms with Gasteiger partial charge in [-0.1, -0.05) is 17.2 Å². The molecule has 8 heteroatoms. The molecule has 0 bridgehead atoms. The smallest absolute Gasteiger partial charge is 0.338 e. The van der Waals surface area contributed by atoms with Crippen LogP contribution >= 0.6 is 0 Å². The molecule has 1 aromatic heterocycles. The zero-order valence-electron chi connectivity index (χ0n) is 13.9. The molecular formula is C16H19N5O3. The zero-order chi connectivity index (χ0) is 17.5. The van der Waals surface area contributed by atoms with Crippen molar-refractivity contribution in [3.8, 4) is 5.75 Å². The molecule has 1 aliphatic rings. The van der Waals surface area contributed by atoms with Crippen LogP contribution in [0.15, 0.2) is 35.5 Å². The Hall–Kier alpha value is -2.90. The lowest BCUT2D eigenvalue weighted by atomic mass is 9.95. The van der Waals surface area contributed by atoms with Gasteiger partial charge < -0.3 is 15.2 Å². The Morgan fingerprint density at radius 2 is 2.12 bits per heavy atom. The highest BCUT2D eigenvalue weighted by atomic mass is 16.6. The van der Waals surface area contributed by atoms with Crippen LogP contribution in [0.1, 0.15) is 39.3 Å². The van der Waals surface area contributed by atoms with Gasteiger partial charge in [-0.2, -0.15) is 4.68 Å². The van der Waals surface area contributed by atoms with Gasteiger partial charge >= 0.3 is 5.97 Å². The first kappa shape index (κ1) is 16.0. The number of phenolic OH excluding ortho intramolecular Hbond substituents is 1. The highest BCUT2D eigenvalue weighted by molar-refractivity contribution is 5.92. The number of aromatic nitrogens is 4. The van der Waals surface area contributed by atoms with Crippen molar-refractivity contribution >= 4 is 11.9 Å². The number of hydrogen-bond donors (Lipinski definition) is 2. The van der Waals surface area contributed by atoms with E-state index in [-0.39, 0.29) is 5.75 Å². The van der Waals surface area contributed by atoms with Crippen molar-refractivity contribution in [3.05, 3.63) is 41.1 Å². The molecule has 0 fully saturated rings. The third kappa shape index (κ3) is 2.94. The lowest BCUT2D eigenvalue weighted by molar-refractivity contribution is -0.150. The van der Waals surface area contributed by atoms with E-state index in [4.69, 9.17) is 4.74 Å². The molecule has 1 unspecified atom stereocenters. The summed E-state index contributed by atoms with van der Waals surface area (Å²) in [4.78, 5) is 12.8. The first-order valence-corrected chi connectivity index (χ1v) is 7.54. The summed E-state index contributed by atoms with van der Waals surface area (Å²) in [5.74, 6) is 0.0667. The summed E-state index contributed by atoms with van der Waals surface area (Å²) in [5, 5.41) is 24.4. The molecule has 0 aliphatic carbocycles. The van der Waals surface area contributed by atoms with Crippen LogP contribution in [-0.2, 0) is 9.53 Å². The van der Waals surface area contributed by atoms with Gasteiger partial charge in [0.25, 0.3) is 0 Å². The third-order valence-corrected chi connectivity index (χ3v) is 3.52. The molecule has 3 rings (SSSR count). The van der Waals surface area contributed by atoms with Gasteiger partial charge in [0.05, 0.1) is 5.57 Å². The molecule has 2 heterocycles. The van der Waals surface area contributed by atoms with Gasteiger partial charge in [0.2, 0.25) is 5.95 Å². The second kappa shape index (κ2) is 5.63. The molecule has 0 saturated heterocycles. The highest BCUT2D eigenvalue weighted by Gasteiger charge is 2.36. The van der Waals surface area contributed by atoms with Crippen molar-refractivity contribution in [1.29, 1.82) is 0 Å². The number of nitrogens with one attached hydrogen (secondary N) is 1. The van der Waals surface area contributed by atoms with E-state index < -0.39 is 17.6 Å². The van der Waals surface area contributed by atoms with Crippen molar-refractivity contribution in [1.82, 2.24) is 20.2 Å². The fraction of sp³-hybridized carbons (Fsp3) is 0.375. The third-order valence-electron chi connectivity index (χ3n) is 3.52. The Morgan fingerprint density at radius 3 is 2.79 bits per heavy atom. The van der Waals surface area contributed by atoms with Gasteiger partial charge in [-0.05, 0) is 55.8 Å². The lowest BCUT2D eigenvalue weighted by Crippen LogP contribution is -2.33. The fourth-order valence-electron chi connectivity index (χ4n) is 2.61. The minimum absolute atomic E-state index is 0.0989. The average Bonchev–Trinajstić information content (AvgIpc) is 2.91. The minimum atomic E-state index is -0.630. The van der Waals surface area contributed by atoms with Gasteiger partial charge in [0.15, 0.2) is 0 Å². The number of carbonyl (C=O) groups is 1. The van der Waals surface area contributed by atoms with Gasteiger partial charge in [0.1, 0.15) is 17.4 Å². The van der Waals surface area contributed by atoms with E-state index in [9.17, 15) is 9.90 Å². The maximum Gasteiger partial charge on any atom is 0.338 e. The number of rotatable bonds is 2. The molecule has 24 heavy (non-hydrogen) atoms. The number of fused-ring (bicyclic) bond motifs is 1. The van der Waals surface area contributed by atoms with Crippen LogP contribution in [0.3, 0.4) is 0 Å². The number of carbonyl (C=O) groups excluding carboxylic acids is 1. The van der Waals surface area contributed by atoms with E-state index in [1.54, 1.807) is 31.2 Å². The van der Waals surface area contributed by atoms with Crippen LogP contribution in [0.4, 0.5) is 5.95 Å². The van der Waals surface area contributed by atoms with Crippen molar-refractivity contribution in [2.75, 3.05) is 5.32 Å². The number of ether oxygens (including phenoxy) is 1. The van der Waals surface area contributed by atoms with Crippen LogP contribution < -0.4 is 5.32 Å².